The van der Waals surface area contributed by atoms with Crippen molar-refractivity contribution in [3.63, 3.8) is 0 Å². The van der Waals surface area contributed by atoms with Gasteiger partial charge < -0.3 is 25.2 Å². The van der Waals surface area contributed by atoms with E-state index in [0.29, 0.717) is 22.8 Å². The SMILES string of the molecule is COC(=O)c1cc2nc(c1)-c1cccc(n1)CN(CC(=O)O)CCN(CC(=O)O)CCN(CC(=O)O)CCN(CC(=O)O)C2. The molecule has 0 saturated heterocycles. The van der Waals surface area contributed by atoms with Gasteiger partial charge >= 0.3 is 29.8 Å². The number of carbonyl (C=O) groups is 5. The first kappa shape index (κ1) is 34.0. The third kappa shape index (κ3) is 11.3. The van der Waals surface area contributed by atoms with Crippen LogP contribution in [0.5, 0.6) is 0 Å². The van der Waals surface area contributed by atoms with Crippen LogP contribution in [0, 0.1) is 0 Å². The molecule has 0 spiro atoms. The van der Waals surface area contributed by atoms with Crippen molar-refractivity contribution in [3.8, 4) is 11.4 Å². The number of pyridine rings is 2. The first-order chi connectivity index (χ1) is 20.9. The number of carbonyl (C=O) groups excluding carboxylic acids is 1. The van der Waals surface area contributed by atoms with E-state index in [4.69, 9.17) is 4.74 Å². The molecule has 16 heteroatoms. The molecule has 0 aliphatic carbocycles. The van der Waals surface area contributed by atoms with E-state index >= 15 is 0 Å². The number of hydrogen-bond donors (Lipinski definition) is 4. The zero-order chi connectivity index (χ0) is 32.2. The second-order valence-corrected chi connectivity index (χ2v) is 10.3. The van der Waals surface area contributed by atoms with Gasteiger partial charge in [-0.15, -0.1) is 0 Å². The summed E-state index contributed by atoms with van der Waals surface area (Å²) < 4.78 is 4.90. The van der Waals surface area contributed by atoms with Crippen molar-refractivity contribution in [2.75, 3.05) is 72.6 Å². The van der Waals surface area contributed by atoms with Gasteiger partial charge in [0.15, 0.2) is 0 Å². The number of hydrogen-bond acceptors (Lipinski definition) is 12. The van der Waals surface area contributed by atoms with Crippen LogP contribution in [0.1, 0.15) is 21.7 Å². The first-order valence-electron chi connectivity index (χ1n) is 13.7. The van der Waals surface area contributed by atoms with Crippen molar-refractivity contribution in [1.29, 1.82) is 0 Å². The predicted octanol–water partition coefficient (Wildman–Crippen LogP) is -0.510. The molecule has 0 radical (unpaired) electrons. The summed E-state index contributed by atoms with van der Waals surface area (Å²) in [5.74, 6) is -5.04. The van der Waals surface area contributed by atoms with Gasteiger partial charge in [0, 0.05) is 52.4 Å². The van der Waals surface area contributed by atoms with Gasteiger partial charge in [0.2, 0.25) is 0 Å². The first-order valence-corrected chi connectivity index (χ1v) is 13.7. The van der Waals surface area contributed by atoms with Crippen LogP contribution in [-0.2, 0) is 37.0 Å². The summed E-state index contributed by atoms with van der Waals surface area (Å²) in [6.07, 6.45) is 0. The van der Waals surface area contributed by atoms with E-state index in [1.807, 2.05) is 0 Å². The van der Waals surface area contributed by atoms with Crippen molar-refractivity contribution >= 4 is 29.8 Å². The molecule has 238 valence electrons. The van der Waals surface area contributed by atoms with Crippen LogP contribution < -0.4 is 0 Å². The number of aromatic nitrogens is 2. The average Bonchev–Trinajstić information content (AvgIpc) is 2.94. The maximum absolute atomic E-state index is 12.5. The zero-order valence-electron chi connectivity index (χ0n) is 24.3. The number of aliphatic carboxylic acids is 4. The lowest BCUT2D eigenvalue weighted by Crippen LogP contribution is -2.45. The van der Waals surface area contributed by atoms with E-state index in [0.717, 1.165) is 0 Å². The normalized spacial score (nSPS) is 16.4. The fraction of sp³-hybridized carbons (Fsp3) is 0.464. The van der Waals surface area contributed by atoms with Gasteiger partial charge in [-0.1, -0.05) is 6.07 Å². The highest BCUT2D eigenvalue weighted by atomic mass is 16.5. The predicted molar refractivity (Wildman–Crippen MR) is 153 cm³/mol. The third-order valence-electron chi connectivity index (χ3n) is 6.77. The average molecular weight is 617 g/mol. The Kier molecular flexibility index (Phi) is 12.6. The van der Waals surface area contributed by atoms with Gasteiger partial charge in [0.05, 0.1) is 61.6 Å². The van der Waals surface area contributed by atoms with E-state index in [2.05, 4.69) is 9.97 Å². The number of carboxylic acid groups (broad SMARTS) is 4. The van der Waals surface area contributed by atoms with E-state index in [9.17, 15) is 44.4 Å². The Labute approximate surface area is 253 Å². The highest BCUT2D eigenvalue weighted by molar-refractivity contribution is 5.90. The molecule has 0 aromatic carbocycles. The molecular formula is C28H36N6O10. The summed E-state index contributed by atoms with van der Waals surface area (Å²) in [7, 11) is 1.23. The molecule has 0 atom stereocenters. The maximum atomic E-state index is 12.5. The molecular weight excluding hydrogens is 580 g/mol. The molecule has 2 aromatic rings. The molecule has 2 aromatic heterocycles. The van der Waals surface area contributed by atoms with Gasteiger partial charge in [-0.25, -0.2) is 14.8 Å². The summed E-state index contributed by atoms with van der Waals surface area (Å²) >= 11 is 0. The fourth-order valence-corrected chi connectivity index (χ4v) is 4.79. The van der Waals surface area contributed by atoms with Crippen molar-refractivity contribution in [1.82, 2.24) is 29.6 Å². The van der Waals surface area contributed by atoms with Crippen LogP contribution in [0.4, 0.5) is 0 Å². The summed E-state index contributed by atoms with van der Waals surface area (Å²) in [5.41, 5.74) is 1.72. The standard InChI is InChI=1S/C28H36N6O10/c1-44-28(43)19-11-21-14-34(18-27(41)42)10-8-32(16-25(37)38)6-5-31(15-24(35)36)7-9-33(17-26(39)40)13-20-3-2-4-22(29-20)23(12-19)30-21/h2-4,11-12H,5-10,13-18H2,1H3,(H,35,36)(H,37,38)(H,39,40)(H,41,42). The number of esters is 1. The second-order valence-electron chi connectivity index (χ2n) is 10.3. The number of nitrogens with zero attached hydrogens (tertiary/aromatic N) is 6. The van der Waals surface area contributed by atoms with Crippen LogP contribution in [0.25, 0.3) is 11.4 Å². The minimum Gasteiger partial charge on any atom is -0.480 e. The van der Waals surface area contributed by atoms with Gasteiger partial charge in [-0.2, -0.15) is 0 Å². The minimum atomic E-state index is -1.12. The molecule has 0 unspecified atom stereocenters. The van der Waals surface area contributed by atoms with Crippen LogP contribution >= 0.6 is 0 Å². The van der Waals surface area contributed by atoms with Crippen molar-refractivity contribution in [2.24, 2.45) is 0 Å². The van der Waals surface area contributed by atoms with E-state index in [1.54, 1.807) is 37.8 Å². The van der Waals surface area contributed by atoms with E-state index < -0.39 is 36.4 Å². The molecule has 3 rings (SSSR count). The molecule has 4 N–H and O–H groups in total. The maximum Gasteiger partial charge on any atom is 0.337 e. The lowest BCUT2D eigenvalue weighted by Gasteiger charge is -2.29. The van der Waals surface area contributed by atoms with Crippen LogP contribution in [0.15, 0.2) is 30.3 Å². The molecule has 3 heterocycles. The molecule has 0 saturated carbocycles. The Morgan fingerprint density at radius 1 is 0.636 bits per heavy atom. The largest absolute Gasteiger partial charge is 0.480 e. The third-order valence-corrected chi connectivity index (χ3v) is 6.77. The zero-order valence-corrected chi connectivity index (χ0v) is 24.3. The number of ether oxygens (including phenoxy) is 1. The van der Waals surface area contributed by atoms with Gasteiger partial charge in [0.1, 0.15) is 0 Å². The second kappa shape index (κ2) is 16.4. The number of carboxylic acids is 4. The van der Waals surface area contributed by atoms with Crippen molar-refractivity contribution in [3.05, 3.63) is 47.3 Å². The topological polar surface area (TPSA) is 214 Å². The lowest BCUT2D eigenvalue weighted by atomic mass is 10.1. The minimum absolute atomic E-state index is 0.00225. The monoisotopic (exact) mass is 616 g/mol. The van der Waals surface area contributed by atoms with Crippen LogP contribution in [0.2, 0.25) is 0 Å². The van der Waals surface area contributed by atoms with Crippen molar-refractivity contribution in [2.45, 2.75) is 13.1 Å². The van der Waals surface area contributed by atoms with E-state index in [1.165, 1.54) is 19.2 Å². The van der Waals surface area contributed by atoms with Gasteiger partial charge in [-0.05, 0) is 24.3 Å². The molecule has 1 aliphatic rings. The highest BCUT2D eigenvalue weighted by Gasteiger charge is 2.21. The molecule has 0 fully saturated rings. The highest BCUT2D eigenvalue weighted by Crippen LogP contribution is 2.20. The number of methoxy groups -OCH3 is 1. The summed E-state index contributed by atoms with van der Waals surface area (Å²) in [6.45, 7) is -0.383. The number of rotatable bonds is 9. The Bertz CT molecular complexity index is 1360. The Morgan fingerprint density at radius 3 is 1.55 bits per heavy atom. The van der Waals surface area contributed by atoms with E-state index in [-0.39, 0.29) is 77.6 Å². The van der Waals surface area contributed by atoms with Crippen LogP contribution in [-0.4, -0.2) is 152 Å². The molecule has 4 bridgehead atoms. The quantitative estimate of drug-likeness (QED) is 0.261. The molecule has 0 amide bonds. The van der Waals surface area contributed by atoms with Crippen LogP contribution in [0.3, 0.4) is 0 Å². The summed E-state index contributed by atoms with van der Waals surface area (Å²) in [6, 6.07) is 8.07. The Hall–Kier alpha value is -4.51. The Morgan fingerprint density at radius 2 is 1.07 bits per heavy atom. The lowest BCUT2D eigenvalue weighted by molar-refractivity contribution is -0.141. The van der Waals surface area contributed by atoms with Crippen molar-refractivity contribution < 1.29 is 49.1 Å². The smallest absolute Gasteiger partial charge is 0.337 e. The Balaban J connectivity index is 2.08. The molecule has 16 nitrogen and oxygen atoms in total. The van der Waals surface area contributed by atoms with Gasteiger partial charge in [-0.3, -0.25) is 38.8 Å². The summed E-state index contributed by atoms with van der Waals surface area (Å²) in [5, 5.41) is 38.0. The molecule has 1 aliphatic heterocycles. The fourth-order valence-electron chi connectivity index (χ4n) is 4.79. The summed E-state index contributed by atoms with van der Waals surface area (Å²) in [4.78, 5) is 74.6. The number of fused-ring (bicyclic) bond motifs is 5. The van der Waals surface area contributed by atoms with Gasteiger partial charge in [0.25, 0.3) is 0 Å². The molecule has 44 heavy (non-hydrogen) atoms.